The van der Waals surface area contributed by atoms with E-state index >= 15 is 0 Å². The minimum absolute atomic E-state index is 0.108. The van der Waals surface area contributed by atoms with Crippen molar-refractivity contribution < 1.29 is 14.6 Å². The quantitative estimate of drug-likeness (QED) is 0.806. The second kappa shape index (κ2) is 7.50. The summed E-state index contributed by atoms with van der Waals surface area (Å²) in [5, 5.41) is 13.2. The highest BCUT2D eigenvalue weighted by Gasteiger charge is 2.21. The van der Waals surface area contributed by atoms with Crippen LogP contribution in [0, 0.1) is 5.41 Å². The summed E-state index contributed by atoms with van der Waals surface area (Å²) in [6, 6.07) is 5.87. The molecule has 20 heavy (non-hydrogen) atoms. The summed E-state index contributed by atoms with van der Waals surface area (Å²) in [5.41, 5.74) is 0.999. The summed E-state index contributed by atoms with van der Waals surface area (Å²) in [6.45, 7) is 9.90. The molecule has 1 aromatic carbocycles. The SMILES string of the molecule is CCOc1cc(CNCC(O)C(C)(C)C)ccc1OC. The highest BCUT2D eigenvalue weighted by atomic mass is 16.5. The minimum Gasteiger partial charge on any atom is -0.493 e. The van der Waals surface area contributed by atoms with E-state index in [-0.39, 0.29) is 11.5 Å². The van der Waals surface area contributed by atoms with Crippen molar-refractivity contribution in [1.29, 1.82) is 0 Å². The lowest BCUT2D eigenvalue weighted by Gasteiger charge is -2.26. The molecule has 0 radical (unpaired) electrons. The van der Waals surface area contributed by atoms with Crippen molar-refractivity contribution in [2.75, 3.05) is 20.3 Å². The molecule has 0 heterocycles. The summed E-state index contributed by atoms with van der Waals surface area (Å²) in [4.78, 5) is 0. The Hall–Kier alpha value is -1.26. The van der Waals surface area contributed by atoms with Crippen LogP contribution >= 0.6 is 0 Å². The van der Waals surface area contributed by atoms with Crippen LogP contribution < -0.4 is 14.8 Å². The zero-order valence-corrected chi connectivity index (χ0v) is 13.2. The van der Waals surface area contributed by atoms with Crippen molar-refractivity contribution in [2.45, 2.75) is 40.3 Å². The molecule has 0 spiro atoms. The van der Waals surface area contributed by atoms with Crippen LogP contribution in [-0.4, -0.2) is 31.5 Å². The normalized spacial score (nSPS) is 13.1. The maximum absolute atomic E-state index is 9.98. The van der Waals surface area contributed by atoms with E-state index in [4.69, 9.17) is 9.47 Å². The molecule has 0 aliphatic rings. The van der Waals surface area contributed by atoms with Crippen molar-refractivity contribution >= 4 is 0 Å². The smallest absolute Gasteiger partial charge is 0.161 e. The Labute approximate surface area is 122 Å². The fourth-order valence-corrected chi connectivity index (χ4v) is 1.76. The number of hydrogen-bond acceptors (Lipinski definition) is 4. The standard InChI is InChI=1S/C16H27NO3/c1-6-20-14-9-12(7-8-13(14)19-5)10-17-11-15(18)16(2,3)4/h7-9,15,17-18H,6,10-11H2,1-5H3. The van der Waals surface area contributed by atoms with Gasteiger partial charge in [-0.05, 0) is 30.0 Å². The van der Waals surface area contributed by atoms with Gasteiger partial charge in [-0.1, -0.05) is 26.8 Å². The second-order valence-corrected chi connectivity index (χ2v) is 5.93. The van der Waals surface area contributed by atoms with Gasteiger partial charge < -0.3 is 19.9 Å². The van der Waals surface area contributed by atoms with E-state index in [1.165, 1.54) is 0 Å². The van der Waals surface area contributed by atoms with Crippen LogP contribution in [0.3, 0.4) is 0 Å². The molecule has 1 unspecified atom stereocenters. The van der Waals surface area contributed by atoms with Gasteiger partial charge in [0.1, 0.15) is 0 Å². The minimum atomic E-state index is -0.368. The number of ether oxygens (including phenoxy) is 2. The number of nitrogens with one attached hydrogen (secondary N) is 1. The first-order chi connectivity index (χ1) is 9.38. The lowest BCUT2D eigenvalue weighted by molar-refractivity contribution is 0.0627. The van der Waals surface area contributed by atoms with Gasteiger partial charge in [-0.25, -0.2) is 0 Å². The van der Waals surface area contributed by atoms with Crippen molar-refractivity contribution in [3.8, 4) is 11.5 Å². The van der Waals surface area contributed by atoms with Crippen LogP contribution in [0.5, 0.6) is 11.5 Å². The maximum atomic E-state index is 9.98. The Morgan fingerprint density at radius 2 is 1.95 bits per heavy atom. The predicted octanol–water partition coefficient (Wildman–Crippen LogP) is 2.59. The van der Waals surface area contributed by atoms with Crippen molar-refractivity contribution in [3.63, 3.8) is 0 Å². The van der Waals surface area contributed by atoms with Gasteiger partial charge in [0.15, 0.2) is 11.5 Å². The van der Waals surface area contributed by atoms with E-state index in [9.17, 15) is 5.11 Å². The summed E-state index contributed by atoms with van der Waals surface area (Å²) >= 11 is 0. The summed E-state index contributed by atoms with van der Waals surface area (Å²) < 4.78 is 10.8. The Balaban J connectivity index is 2.58. The molecule has 1 rings (SSSR count). The third-order valence-corrected chi connectivity index (χ3v) is 3.19. The molecule has 114 valence electrons. The molecular formula is C16H27NO3. The van der Waals surface area contributed by atoms with E-state index in [2.05, 4.69) is 5.32 Å². The summed E-state index contributed by atoms with van der Waals surface area (Å²) in [6.07, 6.45) is -0.368. The molecule has 0 saturated heterocycles. The van der Waals surface area contributed by atoms with Crippen LogP contribution in [0.25, 0.3) is 0 Å². The molecule has 1 aromatic rings. The second-order valence-electron chi connectivity index (χ2n) is 5.93. The summed E-state index contributed by atoms with van der Waals surface area (Å²) in [7, 11) is 1.63. The maximum Gasteiger partial charge on any atom is 0.161 e. The van der Waals surface area contributed by atoms with Gasteiger partial charge in [-0.2, -0.15) is 0 Å². The zero-order chi connectivity index (χ0) is 15.2. The Bertz CT molecular complexity index is 413. The van der Waals surface area contributed by atoms with Crippen molar-refractivity contribution in [2.24, 2.45) is 5.41 Å². The molecule has 0 aliphatic carbocycles. The van der Waals surface area contributed by atoms with Gasteiger partial charge in [-0.3, -0.25) is 0 Å². The third-order valence-electron chi connectivity index (χ3n) is 3.19. The van der Waals surface area contributed by atoms with Crippen LogP contribution in [0.15, 0.2) is 18.2 Å². The molecule has 0 fully saturated rings. The van der Waals surface area contributed by atoms with E-state index in [1.54, 1.807) is 7.11 Å². The number of aliphatic hydroxyl groups excluding tert-OH is 1. The first-order valence-electron chi connectivity index (χ1n) is 7.07. The molecular weight excluding hydrogens is 254 g/mol. The average Bonchev–Trinajstić information content (AvgIpc) is 2.38. The van der Waals surface area contributed by atoms with Crippen molar-refractivity contribution in [1.82, 2.24) is 5.32 Å². The fraction of sp³-hybridized carbons (Fsp3) is 0.625. The largest absolute Gasteiger partial charge is 0.493 e. The van der Waals surface area contributed by atoms with Gasteiger partial charge in [-0.15, -0.1) is 0 Å². The van der Waals surface area contributed by atoms with E-state index in [0.717, 1.165) is 17.1 Å². The van der Waals surface area contributed by atoms with Crippen LogP contribution in [0.2, 0.25) is 0 Å². The van der Waals surface area contributed by atoms with Gasteiger partial charge in [0.2, 0.25) is 0 Å². The molecule has 0 saturated carbocycles. The van der Waals surface area contributed by atoms with Crippen LogP contribution in [-0.2, 0) is 6.54 Å². The van der Waals surface area contributed by atoms with Crippen LogP contribution in [0.4, 0.5) is 0 Å². The number of rotatable bonds is 7. The summed E-state index contributed by atoms with van der Waals surface area (Å²) in [5.74, 6) is 1.50. The van der Waals surface area contributed by atoms with E-state index in [1.807, 2.05) is 45.9 Å². The first kappa shape index (κ1) is 16.8. The Morgan fingerprint density at radius 1 is 1.25 bits per heavy atom. The lowest BCUT2D eigenvalue weighted by Crippen LogP contribution is -2.36. The monoisotopic (exact) mass is 281 g/mol. The molecule has 0 amide bonds. The molecule has 2 N–H and O–H groups in total. The number of aliphatic hydroxyl groups is 1. The van der Waals surface area contributed by atoms with E-state index in [0.29, 0.717) is 19.7 Å². The average molecular weight is 281 g/mol. The number of methoxy groups -OCH3 is 1. The Kier molecular flexibility index (Phi) is 6.30. The molecule has 1 atom stereocenters. The highest BCUT2D eigenvalue weighted by Crippen LogP contribution is 2.28. The van der Waals surface area contributed by atoms with Gasteiger partial charge >= 0.3 is 0 Å². The number of hydrogen-bond donors (Lipinski definition) is 2. The highest BCUT2D eigenvalue weighted by molar-refractivity contribution is 5.42. The molecule has 4 nitrogen and oxygen atoms in total. The predicted molar refractivity (Wildman–Crippen MR) is 81.3 cm³/mol. The topological polar surface area (TPSA) is 50.7 Å². The number of benzene rings is 1. The Morgan fingerprint density at radius 3 is 2.50 bits per heavy atom. The molecule has 0 bridgehead atoms. The zero-order valence-electron chi connectivity index (χ0n) is 13.2. The van der Waals surface area contributed by atoms with Gasteiger partial charge in [0, 0.05) is 13.1 Å². The third kappa shape index (κ3) is 5.02. The van der Waals surface area contributed by atoms with E-state index < -0.39 is 0 Å². The fourth-order valence-electron chi connectivity index (χ4n) is 1.76. The van der Waals surface area contributed by atoms with Crippen LogP contribution in [0.1, 0.15) is 33.3 Å². The van der Waals surface area contributed by atoms with Crippen molar-refractivity contribution in [3.05, 3.63) is 23.8 Å². The first-order valence-corrected chi connectivity index (χ1v) is 7.07. The van der Waals surface area contributed by atoms with Gasteiger partial charge in [0.25, 0.3) is 0 Å². The molecule has 4 heteroatoms. The lowest BCUT2D eigenvalue weighted by atomic mass is 9.89. The van der Waals surface area contributed by atoms with Gasteiger partial charge in [0.05, 0.1) is 19.8 Å². The molecule has 0 aliphatic heterocycles. The molecule has 0 aromatic heterocycles.